The summed E-state index contributed by atoms with van der Waals surface area (Å²) < 4.78 is 39.3. The molecule has 0 aliphatic carbocycles. The van der Waals surface area contributed by atoms with Crippen LogP contribution in [0.3, 0.4) is 0 Å². The molecule has 0 N–H and O–H groups in total. The van der Waals surface area contributed by atoms with Gasteiger partial charge in [0.1, 0.15) is 0 Å². The molecule has 7 nitrogen and oxygen atoms in total. The number of oxime groups is 1. The lowest BCUT2D eigenvalue weighted by Gasteiger charge is -2.10. The van der Waals surface area contributed by atoms with E-state index in [1.165, 1.54) is 31.5 Å². The van der Waals surface area contributed by atoms with Gasteiger partial charge in [0.25, 0.3) is 5.89 Å². The van der Waals surface area contributed by atoms with Gasteiger partial charge in [-0.25, -0.2) is 0 Å². The van der Waals surface area contributed by atoms with Crippen molar-refractivity contribution in [2.75, 3.05) is 7.11 Å². The van der Waals surface area contributed by atoms with Crippen LogP contribution in [0.1, 0.15) is 11.5 Å². The number of hydrogen-bond donors (Lipinski definition) is 0. The molecule has 0 unspecified atom stereocenters. The third-order valence-electron chi connectivity index (χ3n) is 3.44. The highest BCUT2D eigenvalue weighted by Gasteiger charge is 2.15. The molecule has 146 valence electrons. The number of ether oxygens (including phenoxy) is 2. The summed E-state index contributed by atoms with van der Waals surface area (Å²) in [6, 6.07) is 11.4. The van der Waals surface area contributed by atoms with Crippen molar-refractivity contribution in [2.45, 2.75) is 13.2 Å². The standard InChI is InChI=1S/C18H14ClF2N3O4/c1-25-15-8-12(4-7-14(15)27-18(20)21)17-23-16(28-24-17)10-26-22-9-11-2-5-13(19)6-3-11/h2-9,18H,10H2,1H3/b22-9+. The molecule has 0 aliphatic heterocycles. The zero-order chi connectivity index (χ0) is 19.9. The molecule has 0 spiro atoms. The number of halogens is 3. The van der Waals surface area contributed by atoms with E-state index < -0.39 is 6.61 Å². The Morgan fingerprint density at radius 1 is 1.18 bits per heavy atom. The number of alkyl halides is 2. The van der Waals surface area contributed by atoms with E-state index in [0.29, 0.717) is 10.6 Å². The average molecular weight is 410 g/mol. The molecule has 3 aromatic rings. The minimum atomic E-state index is -2.96. The highest BCUT2D eigenvalue weighted by Crippen LogP contribution is 2.32. The maximum atomic E-state index is 12.4. The first kappa shape index (κ1) is 19.6. The van der Waals surface area contributed by atoms with Crippen LogP contribution in [-0.4, -0.2) is 30.1 Å². The molecule has 3 rings (SSSR count). The van der Waals surface area contributed by atoms with Gasteiger partial charge in [0.15, 0.2) is 18.1 Å². The Labute approximate surface area is 163 Å². The summed E-state index contributed by atoms with van der Waals surface area (Å²) in [5, 5.41) is 8.26. The van der Waals surface area contributed by atoms with Crippen LogP contribution in [0.5, 0.6) is 11.5 Å². The lowest BCUT2D eigenvalue weighted by Crippen LogP contribution is -2.03. The third kappa shape index (κ3) is 5.17. The number of rotatable bonds is 8. The van der Waals surface area contributed by atoms with E-state index in [4.69, 9.17) is 25.7 Å². The molecule has 10 heteroatoms. The largest absolute Gasteiger partial charge is 0.493 e. The van der Waals surface area contributed by atoms with Crippen LogP contribution in [0.4, 0.5) is 8.78 Å². The minimum Gasteiger partial charge on any atom is -0.493 e. The van der Waals surface area contributed by atoms with Gasteiger partial charge in [-0.2, -0.15) is 13.8 Å². The van der Waals surface area contributed by atoms with E-state index in [1.54, 1.807) is 24.3 Å². The lowest BCUT2D eigenvalue weighted by atomic mass is 10.2. The second kappa shape index (κ2) is 9.14. The summed E-state index contributed by atoms with van der Waals surface area (Å²) in [7, 11) is 1.34. The molecular formula is C18H14ClF2N3O4. The van der Waals surface area contributed by atoms with Gasteiger partial charge in [-0.05, 0) is 35.9 Å². The molecule has 28 heavy (non-hydrogen) atoms. The Morgan fingerprint density at radius 3 is 2.68 bits per heavy atom. The third-order valence-corrected chi connectivity index (χ3v) is 3.69. The van der Waals surface area contributed by atoms with Crippen LogP contribution in [0.15, 0.2) is 52.1 Å². The van der Waals surface area contributed by atoms with Crippen molar-refractivity contribution in [2.24, 2.45) is 5.16 Å². The average Bonchev–Trinajstić information content (AvgIpc) is 3.15. The maximum Gasteiger partial charge on any atom is 0.387 e. The number of aromatic nitrogens is 2. The van der Waals surface area contributed by atoms with Gasteiger partial charge in [-0.1, -0.05) is 34.0 Å². The summed E-state index contributed by atoms with van der Waals surface area (Å²) in [6.07, 6.45) is 1.51. The predicted octanol–water partition coefficient (Wildman–Crippen LogP) is 4.55. The molecule has 1 aromatic heterocycles. The smallest absolute Gasteiger partial charge is 0.387 e. The van der Waals surface area contributed by atoms with E-state index in [0.717, 1.165) is 5.56 Å². The minimum absolute atomic E-state index is 0.0409. The zero-order valence-electron chi connectivity index (χ0n) is 14.5. The zero-order valence-corrected chi connectivity index (χ0v) is 15.3. The number of hydrogen-bond acceptors (Lipinski definition) is 7. The predicted molar refractivity (Wildman–Crippen MR) is 96.8 cm³/mol. The fraction of sp³-hybridized carbons (Fsp3) is 0.167. The Kier molecular flexibility index (Phi) is 6.38. The molecule has 1 heterocycles. The van der Waals surface area contributed by atoms with Gasteiger partial charge >= 0.3 is 6.61 Å². The van der Waals surface area contributed by atoms with E-state index in [9.17, 15) is 8.78 Å². The topological polar surface area (TPSA) is 79.0 Å². The number of methoxy groups -OCH3 is 1. The van der Waals surface area contributed by atoms with Crippen molar-refractivity contribution in [1.29, 1.82) is 0 Å². The summed E-state index contributed by atoms with van der Waals surface area (Å²) >= 11 is 5.80. The summed E-state index contributed by atoms with van der Waals surface area (Å²) in [5.74, 6) is 0.454. The second-order valence-corrected chi connectivity index (χ2v) is 5.75. The molecule has 0 saturated carbocycles. The summed E-state index contributed by atoms with van der Waals surface area (Å²) in [4.78, 5) is 9.29. The lowest BCUT2D eigenvalue weighted by molar-refractivity contribution is -0.0512. The number of nitrogens with zero attached hydrogens (tertiary/aromatic N) is 3. The second-order valence-electron chi connectivity index (χ2n) is 5.32. The quantitative estimate of drug-likeness (QED) is 0.401. The van der Waals surface area contributed by atoms with Crippen LogP contribution in [0, 0.1) is 0 Å². The van der Waals surface area contributed by atoms with Gasteiger partial charge < -0.3 is 18.8 Å². The summed E-state index contributed by atoms with van der Waals surface area (Å²) in [5.41, 5.74) is 1.31. The molecule has 0 atom stereocenters. The first-order chi connectivity index (χ1) is 13.5. The molecular weight excluding hydrogens is 396 g/mol. The molecule has 2 aromatic carbocycles. The van der Waals surface area contributed by atoms with Gasteiger partial charge in [-0.3, -0.25) is 0 Å². The van der Waals surface area contributed by atoms with E-state index in [1.807, 2.05) is 0 Å². The Balaban J connectivity index is 1.62. The fourth-order valence-electron chi connectivity index (χ4n) is 2.17. The SMILES string of the molecule is COc1cc(-c2noc(CO/N=C/c3ccc(Cl)cc3)n2)ccc1OC(F)F. The van der Waals surface area contributed by atoms with E-state index in [2.05, 4.69) is 20.0 Å². The van der Waals surface area contributed by atoms with Crippen molar-refractivity contribution in [3.05, 3.63) is 58.9 Å². The van der Waals surface area contributed by atoms with Crippen LogP contribution >= 0.6 is 11.6 Å². The Hall–Kier alpha value is -3.20. The highest BCUT2D eigenvalue weighted by molar-refractivity contribution is 6.30. The molecule has 0 aliphatic rings. The van der Waals surface area contributed by atoms with Crippen molar-refractivity contribution < 1.29 is 27.6 Å². The monoisotopic (exact) mass is 409 g/mol. The number of benzene rings is 2. The first-order valence-electron chi connectivity index (χ1n) is 7.92. The maximum absolute atomic E-state index is 12.4. The molecule has 0 fully saturated rings. The highest BCUT2D eigenvalue weighted by atomic mass is 35.5. The van der Waals surface area contributed by atoms with E-state index in [-0.39, 0.29) is 29.8 Å². The van der Waals surface area contributed by atoms with Crippen LogP contribution in [-0.2, 0) is 11.4 Å². The van der Waals surface area contributed by atoms with E-state index >= 15 is 0 Å². The molecule has 0 amide bonds. The fourth-order valence-corrected chi connectivity index (χ4v) is 2.30. The van der Waals surface area contributed by atoms with Crippen molar-refractivity contribution >= 4 is 17.8 Å². The van der Waals surface area contributed by atoms with Crippen LogP contribution < -0.4 is 9.47 Å². The van der Waals surface area contributed by atoms with Gasteiger partial charge in [0, 0.05) is 10.6 Å². The van der Waals surface area contributed by atoms with Crippen molar-refractivity contribution in [3.8, 4) is 22.9 Å². The van der Waals surface area contributed by atoms with Gasteiger partial charge in [-0.15, -0.1) is 0 Å². The summed E-state index contributed by atoms with van der Waals surface area (Å²) in [6.45, 7) is -3.00. The van der Waals surface area contributed by atoms with Gasteiger partial charge in [0.05, 0.1) is 13.3 Å². The molecule has 0 bridgehead atoms. The molecule has 0 saturated heterocycles. The Bertz CT molecular complexity index is 948. The first-order valence-corrected chi connectivity index (χ1v) is 8.29. The van der Waals surface area contributed by atoms with Gasteiger partial charge in [0.2, 0.25) is 5.82 Å². The van der Waals surface area contributed by atoms with Crippen LogP contribution in [0.25, 0.3) is 11.4 Å². The Morgan fingerprint density at radius 2 is 1.96 bits per heavy atom. The van der Waals surface area contributed by atoms with Crippen molar-refractivity contribution in [1.82, 2.24) is 10.1 Å². The van der Waals surface area contributed by atoms with Crippen molar-refractivity contribution in [3.63, 3.8) is 0 Å². The van der Waals surface area contributed by atoms with Crippen LogP contribution in [0.2, 0.25) is 5.02 Å². The molecule has 0 radical (unpaired) electrons. The normalized spacial score (nSPS) is 11.2.